The standard InChI is InChI=1S/C76H52N6/c1-76(2)65-40-20-18-38-59(65)63-46-64-60-39-19-21-41-69(60)82(70(64)47-66(63)76)75-77-67(51-28-12-5-13-29-51)48-68(78-75)55-35-22-34-54(42-55)58-44-61(49-24-8-3-9-25-49)71(62(45-58)50-26-10-4-11-27-50)56-36-23-37-57(43-56)74-80-72(52-30-14-6-15-31-52)79-73(81-74)53-32-16-7-17-33-53/h3-48H,1-2H3. The molecule has 0 saturated heterocycles. The first-order chi connectivity index (χ1) is 40.4. The maximum absolute atomic E-state index is 5.58. The summed E-state index contributed by atoms with van der Waals surface area (Å²) in [5.74, 6) is 2.47. The van der Waals surface area contributed by atoms with Crippen LogP contribution < -0.4 is 0 Å². The van der Waals surface area contributed by atoms with E-state index in [4.69, 9.17) is 24.9 Å². The molecule has 1 aliphatic rings. The average Bonchev–Trinajstić information content (AvgIpc) is 4.07. The lowest BCUT2D eigenvalue weighted by Gasteiger charge is -2.21. The fraction of sp³-hybridized carbons (Fsp3) is 0.0395. The van der Waals surface area contributed by atoms with Crippen LogP contribution >= 0.6 is 0 Å². The van der Waals surface area contributed by atoms with Gasteiger partial charge in [-0.3, -0.25) is 4.57 Å². The van der Waals surface area contributed by atoms with Gasteiger partial charge in [0.05, 0.1) is 22.4 Å². The van der Waals surface area contributed by atoms with Crippen molar-refractivity contribution in [1.29, 1.82) is 0 Å². The molecule has 0 fully saturated rings. The van der Waals surface area contributed by atoms with Crippen molar-refractivity contribution in [3.63, 3.8) is 0 Å². The largest absolute Gasteiger partial charge is 0.278 e. The molecule has 0 spiro atoms. The van der Waals surface area contributed by atoms with Gasteiger partial charge in [0.15, 0.2) is 17.5 Å². The van der Waals surface area contributed by atoms with Gasteiger partial charge in [-0.2, -0.15) is 0 Å². The van der Waals surface area contributed by atoms with Crippen LogP contribution in [0.4, 0.5) is 0 Å². The van der Waals surface area contributed by atoms with Crippen molar-refractivity contribution in [1.82, 2.24) is 29.5 Å². The summed E-state index contributed by atoms with van der Waals surface area (Å²) in [5.41, 5.74) is 22.3. The van der Waals surface area contributed by atoms with Crippen molar-refractivity contribution in [3.8, 4) is 118 Å². The molecule has 3 aromatic heterocycles. The number of fused-ring (bicyclic) bond motifs is 6. The Morgan fingerprint density at radius 1 is 0.268 bits per heavy atom. The zero-order valence-electron chi connectivity index (χ0n) is 45.2. The number of nitrogens with zero attached hydrogens (tertiary/aromatic N) is 6. The van der Waals surface area contributed by atoms with Crippen molar-refractivity contribution in [2.75, 3.05) is 0 Å². The molecular weight excluding hydrogens is 997 g/mol. The van der Waals surface area contributed by atoms with E-state index in [1.165, 1.54) is 33.0 Å². The van der Waals surface area contributed by atoms with E-state index >= 15 is 0 Å². The molecular formula is C76H52N6. The predicted octanol–water partition coefficient (Wildman–Crippen LogP) is 19.1. The summed E-state index contributed by atoms with van der Waals surface area (Å²) in [6.45, 7) is 4.68. The molecule has 0 amide bonds. The van der Waals surface area contributed by atoms with Gasteiger partial charge in [-0.25, -0.2) is 24.9 Å². The van der Waals surface area contributed by atoms with E-state index in [0.29, 0.717) is 23.4 Å². The van der Waals surface area contributed by atoms with Crippen LogP contribution in [0.25, 0.3) is 140 Å². The number of hydrogen-bond donors (Lipinski definition) is 0. The fourth-order valence-corrected chi connectivity index (χ4v) is 12.2. The monoisotopic (exact) mass is 1050 g/mol. The third-order valence-corrected chi connectivity index (χ3v) is 16.3. The second kappa shape index (κ2) is 19.9. The number of aromatic nitrogens is 6. The van der Waals surface area contributed by atoms with Gasteiger partial charge in [-0.1, -0.05) is 244 Å². The van der Waals surface area contributed by atoms with E-state index in [-0.39, 0.29) is 5.41 Å². The molecule has 3 heterocycles. The highest BCUT2D eigenvalue weighted by atomic mass is 15.2. The minimum Gasteiger partial charge on any atom is -0.278 e. The Labute approximate surface area is 476 Å². The highest BCUT2D eigenvalue weighted by Crippen LogP contribution is 2.51. The van der Waals surface area contributed by atoms with E-state index in [2.05, 4.69) is 237 Å². The lowest BCUT2D eigenvalue weighted by molar-refractivity contribution is 0.661. The molecule has 0 N–H and O–H groups in total. The molecule has 0 atom stereocenters. The minimum absolute atomic E-state index is 0.182. The summed E-state index contributed by atoms with van der Waals surface area (Å²) in [7, 11) is 0. The first-order valence-electron chi connectivity index (χ1n) is 27.9. The zero-order valence-corrected chi connectivity index (χ0v) is 45.2. The summed E-state index contributed by atoms with van der Waals surface area (Å²) >= 11 is 0. The maximum atomic E-state index is 5.58. The van der Waals surface area contributed by atoms with Gasteiger partial charge in [0.1, 0.15) is 0 Å². The molecule has 14 aromatic rings. The van der Waals surface area contributed by atoms with Crippen LogP contribution in [0.3, 0.4) is 0 Å². The molecule has 1 aliphatic carbocycles. The Bertz CT molecular complexity index is 4630. The molecule has 0 radical (unpaired) electrons. The number of rotatable bonds is 10. The molecule has 82 heavy (non-hydrogen) atoms. The smallest absolute Gasteiger partial charge is 0.235 e. The van der Waals surface area contributed by atoms with Crippen LogP contribution in [0.2, 0.25) is 0 Å². The predicted molar refractivity (Wildman–Crippen MR) is 336 cm³/mol. The highest BCUT2D eigenvalue weighted by molar-refractivity contribution is 6.11. The van der Waals surface area contributed by atoms with Crippen LogP contribution in [0.5, 0.6) is 0 Å². The second-order valence-corrected chi connectivity index (χ2v) is 21.6. The molecule has 6 heteroatoms. The molecule has 15 rings (SSSR count). The van der Waals surface area contributed by atoms with Crippen molar-refractivity contribution >= 4 is 21.8 Å². The molecule has 386 valence electrons. The number of para-hydroxylation sites is 1. The Balaban J connectivity index is 0.903. The van der Waals surface area contributed by atoms with Crippen molar-refractivity contribution < 1.29 is 0 Å². The number of hydrogen-bond acceptors (Lipinski definition) is 5. The van der Waals surface area contributed by atoms with Crippen LogP contribution in [-0.4, -0.2) is 29.5 Å². The van der Waals surface area contributed by atoms with Gasteiger partial charge in [0, 0.05) is 44.0 Å². The summed E-state index contributed by atoms with van der Waals surface area (Å²) in [6, 6.07) is 98.8. The van der Waals surface area contributed by atoms with Crippen molar-refractivity contribution in [2.24, 2.45) is 0 Å². The quantitative estimate of drug-likeness (QED) is 0.136. The molecule has 11 aromatic carbocycles. The Morgan fingerprint density at radius 3 is 1.35 bits per heavy atom. The zero-order chi connectivity index (χ0) is 54.7. The van der Waals surface area contributed by atoms with Gasteiger partial charge in [0.2, 0.25) is 5.95 Å². The van der Waals surface area contributed by atoms with E-state index < -0.39 is 0 Å². The van der Waals surface area contributed by atoms with Gasteiger partial charge in [0.25, 0.3) is 0 Å². The first kappa shape index (κ1) is 48.4. The summed E-state index contributed by atoms with van der Waals surface area (Å²) in [4.78, 5) is 26.3. The van der Waals surface area contributed by atoms with Gasteiger partial charge in [-0.15, -0.1) is 0 Å². The first-order valence-corrected chi connectivity index (χ1v) is 27.9. The van der Waals surface area contributed by atoms with E-state index in [9.17, 15) is 0 Å². The molecule has 0 aliphatic heterocycles. The Hall–Kier alpha value is -10.7. The third kappa shape index (κ3) is 8.48. The molecule has 0 bridgehead atoms. The summed E-state index contributed by atoms with van der Waals surface area (Å²) in [6.07, 6.45) is 0. The lowest BCUT2D eigenvalue weighted by atomic mass is 9.82. The van der Waals surface area contributed by atoms with E-state index in [0.717, 1.165) is 94.7 Å². The van der Waals surface area contributed by atoms with Crippen LogP contribution in [-0.2, 0) is 5.41 Å². The molecule has 0 unspecified atom stereocenters. The second-order valence-electron chi connectivity index (χ2n) is 21.6. The maximum Gasteiger partial charge on any atom is 0.235 e. The summed E-state index contributed by atoms with van der Waals surface area (Å²) < 4.78 is 2.28. The fourth-order valence-electron chi connectivity index (χ4n) is 12.2. The van der Waals surface area contributed by atoms with Crippen molar-refractivity contribution in [2.45, 2.75) is 19.3 Å². The van der Waals surface area contributed by atoms with Crippen LogP contribution in [0, 0.1) is 0 Å². The van der Waals surface area contributed by atoms with Gasteiger partial charge in [-0.05, 0) is 115 Å². The SMILES string of the molecule is CC1(C)c2ccccc2-c2cc3c4ccccc4n(-c4nc(-c5ccccc5)cc(-c5cccc(-c6cc(-c7ccccc7)c(-c7cccc(-c8nc(-c9ccccc9)nc(-c9ccccc9)n8)c7)c(-c7ccccc7)c6)c5)n4)c3cc21. The Kier molecular flexibility index (Phi) is 11.7. The lowest BCUT2D eigenvalue weighted by Crippen LogP contribution is -2.15. The van der Waals surface area contributed by atoms with Gasteiger partial charge >= 0.3 is 0 Å². The van der Waals surface area contributed by atoms with E-state index in [1.807, 2.05) is 60.7 Å². The highest BCUT2D eigenvalue weighted by Gasteiger charge is 2.36. The number of benzene rings is 11. The van der Waals surface area contributed by atoms with E-state index in [1.54, 1.807) is 0 Å². The van der Waals surface area contributed by atoms with Gasteiger partial charge < -0.3 is 0 Å². The average molecular weight is 1050 g/mol. The molecule has 6 nitrogen and oxygen atoms in total. The van der Waals surface area contributed by atoms with Crippen molar-refractivity contribution in [3.05, 3.63) is 290 Å². The normalized spacial score (nSPS) is 12.4. The minimum atomic E-state index is -0.182. The third-order valence-electron chi connectivity index (χ3n) is 16.3. The van der Waals surface area contributed by atoms with Crippen LogP contribution in [0.15, 0.2) is 279 Å². The summed E-state index contributed by atoms with van der Waals surface area (Å²) in [5, 5.41) is 2.34. The Morgan fingerprint density at radius 2 is 0.732 bits per heavy atom. The molecule has 0 saturated carbocycles. The topological polar surface area (TPSA) is 69.4 Å². The van der Waals surface area contributed by atoms with Crippen LogP contribution in [0.1, 0.15) is 25.0 Å².